The first kappa shape index (κ1) is 13.6. The predicted molar refractivity (Wildman–Crippen MR) is 68.6 cm³/mol. The fourth-order valence-electron chi connectivity index (χ4n) is 1.36. The predicted octanol–water partition coefficient (Wildman–Crippen LogP) is 3.09. The fraction of sp³-hybridized carbons (Fsp3) is 0.429. The van der Waals surface area contributed by atoms with Crippen molar-refractivity contribution in [1.82, 2.24) is 0 Å². The van der Waals surface area contributed by atoms with Crippen LogP contribution in [-0.4, -0.2) is 18.8 Å². The first-order valence-corrected chi connectivity index (χ1v) is 5.66. The zero-order chi connectivity index (χ0) is 12.8. The molecule has 0 radical (unpaired) electrons. The number of methoxy groups -OCH3 is 1. The van der Waals surface area contributed by atoms with Crippen molar-refractivity contribution in [2.45, 2.75) is 26.9 Å². The van der Waals surface area contributed by atoms with Crippen LogP contribution in [0.4, 0.5) is 0 Å². The van der Waals surface area contributed by atoms with Crippen molar-refractivity contribution in [3.05, 3.63) is 35.4 Å². The van der Waals surface area contributed by atoms with Crippen molar-refractivity contribution < 1.29 is 14.6 Å². The molecule has 1 atom stereocenters. The lowest BCUT2D eigenvalue weighted by Crippen LogP contribution is -1.99. The Morgan fingerprint density at radius 3 is 2.59 bits per heavy atom. The molecular formula is C14H20O3. The zero-order valence-electron chi connectivity index (χ0n) is 10.9. The second-order valence-electron chi connectivity index (χ2n) is 4.18. The normalized spacial score (nSPS) is 11.8. The molecule has 0 spiro atoms. The van der Waals surface area contributed by atoms with E-state index in [1.807, 2.05) is 32.1 Å². The Kier molecular flexibility index (Phi) is 5.04. The summed E-state index contributed by atoms with van der Waals surface area (Å²) in [6.07, 6.45) is 1.50. The summed E-state index contributed by atoms with van der Waals surface area (Å²) >= 11 is 0. The maximum Gasteiger partial charge on any atom is 0.161 e. The van der Waals surface area contributed by atoms with Crippen molar-refractivity contribution in [3.63, 3.8) is 0 Å². The molecule has 0 unspecified atom stereocenters. The molecule has 94 valence electrons. The van der Waals surface area contributed by atoms with Crippen LogP contribution in [0.3, 0.4) is 0 Å². The molecule has 17 heavy (non-hydrogen) atoms. The molecule has 0 aliphatic rings. The van der Waals surface area contributed by atoms with Gasteiger partial charge in [0.1, 0.15) is 6.61 Å². The van der Waals surface area contributed by atoms with Gasteiger partial charge in [-0.15, -0.1) is 0 Å². The quantitative estimate of drug-likeness (QED) is 0.798. The van der Waals surface area contributed by atoms with Gasteiger partial charge in [0.15, 0.2) is 11.5 Å². The van der Waals surface area contributed by atoms with Crippen LogP contribution in [-0.2, 0) is 0 Å². The summed E-state index contributed by atoms with van der Waals surface area (Å²) in [5, 5.41) is 9.48. The molecule has 1 rings (SSSR count). The van der Waals surface area contributed by atoms with Crippen molar-refractivity contribution in [2.24, 2.45) is 0 Å². The standard InChI is InChI=1S/C14H20O3/c1-10(2)7-8-17-13-6-5-12(11(3)15)9-14(13)16-4/h5-7,9,11,15H,8H2,1-4H3/t11-/m1/s1. The molecular weight excluding hydrogens is 216 g/mol. The van der Waals surface area contributed by atoms with Crippen LogP contribution in [0.1, 0.15) is 32.4 Å². The summed E-state index contributed by atoms with van der Waals surface area (Å²) in [6, 6.07) is 5.45. The third-order valence-corrected chi connectivity index (χ3v) is 2.40. The molecule has 0 aliphatic carbocycles. The highest BCUT2D eigenvalue weighted by Gasteiger charge is 2.08. The van der Waals surface area contributed by atoms with E-state index in [0.717, 1.165) is 5.56 Å². The van der Waals surface area contributed by atoms with E-state index in [4.69, 9.17) is 9.47 Å². The molecule has 0 heterocycles. The summed E-state index contributed by atoms with van der Waals surface area (Å²) < 4.78 is 10.8. The topological polar surface area (TPSA) is 38.7 Å². The number of allylic oxidation sites excluding steroid dienone is 1. The largest absolute Gasteiger partial charge is 0.493 e. The van der Waals surface area contributed by atoms with Crippen molar-refractivity contribution in [2.75, 3.05) is 13.7 Å². The van der Waals surface area contributed by atoms with E-state index in [0.29, 0.717) is 18.1 Å². The van der Waals surface area contributed by atoms with E-state index in [1.54, 1.807) is 20.1 Å². The smallest absolute Gasteiger partial charge is 0.161 e. The van der Waals surface area contributed by atoms with Crippen LogP contribution in [0.25, 0.3) is 0 Å². The highest BCUT2D eigenvalue weighted by molar-refractivity contribution is 5.43. The molecule has 0 saturated heterocycles. The molecule has 1 aromatic carbocycles. The summed E-state index contributed by atoms with van der Waals surface area (Å²) in [4.78, 5) is 0. The summed E-state index contributed by atoms with van der Waals surface area (Å²) in [7, 11) is 1.59. The van der Waals surface area contributed by atoms with E-state index in [9.17, 15) is 5.11 Å². The molecule has 0 aromatic heterocycles. The number of aliphatic hydroxyl groups excluding tert-OH is 1. The molecule has 1 aromatic rings. The average molecular weight is 236 g/mol. The molecule has 3 heteroatoms. The van der Waals surface area contributed by atoms with Crippen LogP contribution >= 0.6 is 0 Å². The van der Waals surface area contributed by atoms with Crippen molar-refractivity contribution in [3.8, 4) is 11.5 Å². The lowest BCUT2D eigenvalue weighted by Gasteiger charge is -2.12. The number of hydrogen-bond acceptors (Lipinski definition) is 3. The number of aliphatic hydroxyl groups is 1. The zero-order valence-corrected chi connectivity index (χ0v) is 10.9. The second kappa shape index (κ2) is 6.30. The SMILES string of the molecule is COc1cc([C@@H](C)O)ccc1OCC=C(C)C. The monoisotopic (exact) mass is 236 g/mol. The Morgan fingerprint density at radius 1 is 1.35 bits per heavy atom. The van der Waals surface area contributed by atoms with Gasteiger partial charge in [0.05, 0.1) is 13.2 Å². The summed E-state index contributed by atoms with van der Waals surface area (Å²) in [5.41, 5.74) is 2.03. The van der Waals surface area contributed by atoms with Gasteiger partial charge in [-0.3, -0.25) is 0 Å². The molecule has 1 N–H and O–H groups in total. The van der Waals surface area contributed by atoms with Gasteiger partial charge >= 0.3 is 0 Å². The van der Waals surface area contributed by atoms with Gasteiger partial charge in [0.25, 0.3) is 0 Å². The lowest BCUT2D eigenvalue weighted by atomic mass is 10.1. The van der Waals surface area contributed by atoms with Crippen LogP contribution in [0.15, 0.2) is 29.8 Å². The first-order chi connectivity index (χ1) is 8.04. The van der Waals surface area contributed by atoms with E-state index >= 15 is 0 Å². The Balaban J connectivity index is 2.82. The van der Waals surface area contributed by atoms with E-state index in [2.05, 4.69) is 0 Å². The van der Waals surface area contributed by atoms with Gasteiger partial charge in [-0.25, -0.2) is 0 Å². The summed E-state index contributed by atoms with van der Waals surface area (Å²) in [5.74, 6) is 1.33. The number of benzene rings is 1. The van der Waals surface area contributed by atoms with E-state index < -0.39 is 6.10 Å². The second-order valence-corrected chi connectivity index (χ2v) is 4.18. The van der Waals surface area contributed by atoms with Gasteiger partial charge in [-0.1, -0.05) is 11.6 Å². The van der Waals surface area contributed by atoms with Crippen molar-refractivity contribution in [1.29, 1.82) is 0 Å². The molecule has 0 amide bonds. The Morgan fingerprint density at radius 2 is 2.06 bits per heavy atom. The molecule has 0 bridgehead atoms. The van der Waals surface area contributed by atoms with Crippen LogP contribution in [0, 0.1) is 0 Å². The fourth-order valence-corrected chi connectivity index (χ4v) is 1.36. The van der Waals surface area contributed by atoms with Gasteiger partial charge in [-0.2, -0.15) is 0 Å². The van der Waals surface area contributed by atoms with Crippen molar-refractivity contribution >= 4 is 0 Å². The number of rotatable bonds is 5. The van der Waals surface area contributed by atoms with Gasteiger partial charge in [0.2, 0.25) is 0 Å². The molecule has 3 nitrogen and oxygen atoms in total. The third-order valence-electron chi connectivity index (χ3n) is 2.40. The Bertz CT molecular complexity index is 390. The van der Waals surface area contributed by atoms with E-state index in [-0.39, 0.29) is 0 Å². The molecule has 0 saturated carbocycles. The number of ether oxygens (including phenoxy) is 2. The van der Waals surface area contributed by atoms with Gasteiger partial charge in [-0.05, 0) is 44.5 Å². The van der Waals surface area contributed by atoms with Crippen LogP contribution in [0.2, 0.25) is 0 Å². The maximum absolute atomic E-state index is 9.48. The summed E-state index contributed by atoms with van der Waals surface area (Å²) in [6.45, 7) is 6.29. The van der Waals surface area contributed by atoms with Gasteiger partial charge < -0.3 is 14.6 Å². The molecule has 0 aliphatic heterocycles. The Hall–Kier alpha value is -1.48. The highest BCUT2D eigenvalue weighted by Crippen LogP contribution is 2.30. The Labute approximate surface area is 103 Å². The highest BCUT2D eigenvalue weighted by atomic mass is 16.5. The maximum atomic E-state index is 9.48. The number of hydrogen-bond donors (Lipinski definition) is 1. The lowest BCUT2D eigenvalue weighted by molar-refractivity contribution is 0.198. The van der Waals surface area contributed by atoms with Crippen LogP contribution in [0.5, 0.6) is 11.5 Å². The minimum atomic E-state index is -0.504. The first-order valence-electron chi connectivity index (χ1n) is 5.66. The van der Waals surface area contributed by atoms with E-state index in [1.165, 1.54) is 5.57 Å². The average Bonchev–Trinajstić information content (AvgIpc) is 2.28. The van der Waals surface area contributed by atoms with Gasteiger partial charge in [0, 0.05) is 0 Å². The minimum absolute atomic E-state index is 0.504. The molecule has 0 fully saturated rings. The third kappa shape index (κ3) is 4.11. The minimum Gasteiger partial charge on any atom is -0.493 e. The van der Waals surface area contributed by atoms with Crippen LogP contribution < -0.4 is 9.47 Å².